The molecule has 0 radical (unpaired) electrons. The summed E-state index contributed by atoms with van der Waals surface area (Å²) in [5.41, 5.74) is 2.51. The third-order valence-electron chi connectivity index (χ3n) is 8.15. The van der Waals surface area contributed by atoms with E-state index in [0.29, 0.717) is 11.8 Å². The van der Waals surface area contributed by atoms with E-state index in [1.165, 1.54) is 11.1 Å². The van der Waals surface area contributed by atoms with Crippen molar-refractivity contribution in [1.29, 1.82) is 0 Å². The number of allylic oxidation sites excluding steroid dienone is 1. The Kier molecular flexibility index (Phi) is 4.95. The van der Waals surface area contributed by atoms with Crippen LogP contribution in [0, 0.1) is 17.3 Å². The van der Waals surface area contributed by atoms with E-state index in [1.54, 1.807) is 0 Å². The fourth-order valence-corrected chi connectivity index (χ4v) is 6.11. The van der Waals surface area contributed by atoms with Gasteiger partial charge in [0, 0.05) is 18.3 Å². The summed E-state index contributed by atoms with van der Waals surface area (Å²) in [6.07, 6.45) is 11.3. The zero-order valence-electron chi connectivity index (χ0n) is 19.5. The van der Waals surface area contributed by atoms with Gasteiger partial charge in [-0.2, -0.15) is 0 Å². The lowest BCUT2D eigenvalue weighted by atomic mass is 9.69. The van der Waals surface area contributed by atoms with Crippen LogP contribution >= 0.6 is 0 Å². The summed E-state index contributed by atoms with van der Waals surface area (Å²) < 4.78 is 13.5. The van der Waals surface area contributed by atoms with Crippen LogP contribution in [-0.2, 0) is 12.8 Å². The van der Waals surface area contributed by atoms with Crippen molar-refractivity contribution >= 4 is 0 Å². The van der Waals surface area contributed by atoms with E-state index in [0.717, 1.165) is 50.0 Å². The van der Waals surface area contributed by atoms with Gasteiger partial charge in [-0.25, -0.2) is 0 Å². The zero-order valence-corrected chi connectivity index (χ0v) is 19.5. The molecule has 2 aromatic rings. The van der Waals surface area contributed by atoms with Gasteiger partial charge in [0.2, 0.25) is 0 Å². The molecule has 31 heavy (non-hydrogen) atoms. The van der Waals surface area contributed by atoms with Gasteiger partial charge >= 0.3 is 0 Å². The maximum absolute atomic E-state index is 6.81. The third kappa shape index (κ3) is 3.90. The predicted octanol–water partition coefficient (Wildman–Crippen LogP) is 7.16. The number of fused-ring (bicyclic) bond motifs is 4. The third-order valence-corrected chi connectivity index (χ3v) is 8.15. The second-order valence-corrected chi connectivity index (χ2v) is 11.2. The Morgan fingerprint density at radius 3 is 2.00 bits per heavy atom. The van der Waals surface area contributed by atoms with Crippen LogP contribution in [0.5, 0.6) is 11.5 Å². The highest BCUT2D eigenvalue weighted by Crippen LogP contribution is 2.48. The molecule has 0 saturated heterocycles. The molecule has 2 nitrogen and oxygen atoms in total. The van der Waals surface area contributed by atoms with Crippen molar-refractivity contribution in [3.05, 3.63) is 71.8 Å². The molecule has 0 N–H and O–H groups in total. The minimum Gasteiger partial charge on any atom is -0.487 e. The Hall–Kier alpha value is -2.22. The predicted molar refractivity (Wildman–Crippen MR) is 127 cm³/mol. The van der Waals surface area contributed by atoms with Crippen molar-refractivity contribution in [2.24, 2.45) is 17.3 Å². The number of para-hydroxylation sites is 2. The molecule has 2 heterocycles. The first-order valence-electron chi connectivity index (χ1n) is 12.0. The first-order chi connectivity index (χ1) is 14.8. The van der Waals surface area contributed by atoms with Crippen LogP contribution in [0.15, 0.2) is 60.7 Å². The van der Waals surface area contributed by atoms with E-state index >= 15 is 0 Å². The Morgan fingerprint density at radius 2 is 1.32 bits per heavy atom. The van der Waals surface area contributed by atoms with E-state index in [9.17, 15) is 0 Å². The lowest BCUT2D eigenvalue weighted by Crippen LogP contribution is -2.49. The molecular weight excluding hydrogens is 380 g/mol. The molecule has 2 heteroatoms. The summed E-state index contributed by atoms with van der Waals surface area (Å²) in [7, 11) is 0. The fourth-order valence-electron chi connectivity index (χ4n) is 6.11. The molecule has 2 aromatic carbocycles. The normalized spacial score (nSPS) is 35.0. The van der Waals surface area contributed by atoms with Gasteiger partial charge in [0.25, 0.3) is 0 Å². The molecule has 4 atom stereocenters. The lowest BCUT2D eigenvalue weighted by Gasteiger charge is -2.47. The van der Waals surface area contributed by atoms with Crippen LogP contribution in [-0.4, -0.2) is 11.2 Å². The van der Waals surface area contributed by atoms with Gasteiger partial charge in [-0.1, -0.05) is 62.4 Å². The molecule has 1 aliphatic carbocycles. The van der Waals surface area contributed by atoms with E-state index in [2.05, 4.69) is 88.4 Å². The van der Waals surface area contributed by atoms with E-state index in [1.807, 2.05) is 0 Å². The molecule has 0 spiro atoms. The second-order valence-electron chi connectivity index (χ2n) is 11.2. The zero-order chi connectivity index (χ0) is 21.7. The molecule has 0 aromatic heterocycles. The summed E-state index contributed by atoms with van der Waals surface area (Å²) >= 11 is 0. The Bertz CT molecular complexity index is 990. The second kappa shape index (κ2) is 7.43. The molecule has 0 fully saturated rings. The first kappa shape index (κ1) is 20.7. The molecule has 2 aliphatic heterocycles. The van der Waals surface area contributed by atoms with E-state index in [-0.39, 0.29) is 16.6 Å². The van der Waals surface area contributed by atoms with E-state index in [4.69, 9.17) is 9.47 Å². The summed E-state index contributed by atoms with van der Waals surface area (Å²) in [5, 5.41) is 0. The molecule has 0 bridgehead atoms. The molecule has 0 unspecified atom stereocenters. The standard InChI is InChI=1S/C29H36O2/c1-27(2)15-9-16-28(3)23(18-21-10-5-7-12-25(21)30-28)14-17-29(4)24(20-27)19-22-11-6-8-13-26(22)31-29/h5-13,15,23-24H,14,16-20H2,1-4H3/b15-9+/t23-,24+,28+,29+/m0/s1. The van der Waals surface area contributed by atoms with Gasteiger partial charge in [-0.3, -0.25) is 0 Å². The Balaban J connectivity index is 1.52. The maximum atomic E-state index is 6.81. The van der Waals surface area contributed by atoms with Crippen molar-refractivity contribution < 1.29 is 9.47 Å². The molecule has 0 saturated carbocycles. The highest BCUT2D eigenvalue weighted by Gasteiger charge is 2.46. The van der Waals surface area contributed by atoms with Gasteiger partial charge < -0.3 is 9.47 Å². The molecular formula is C29H36O2. The van der Waals surface area contributed by atoms with E-state index < -0.39 is 0 Å². The molecule has 5 rings (SSSR count). The quantitative estimate of drug-likeness (QED) is 0.424. The minimum atomic E-state index is -0.177. The van der Waals surface area contributed by atoms with Gasteiger partial charge in [0.1, 0.15) is 22.7 Å². The number of ether oxygens (including phenoxy) is 2. The smallest absolute Gasteiger partial charge is 0.123 e. The molecule has 0 amide bonds. The summed E-state index contributed by atoms with van der Waals surface area (Å²) in [6, 6.07) is 17.2. The molecule has 3 aliphatic rings. The average Bonchev–Trinajstić information content (AvgIpc) is 2.73. The summed E-state index contributed by atoms with van der Waals surface area (Å²) in [4.78, 5) is 0. The number of hydrogen-bond donors (Lipinski definition) is 0. The summed E-state index contributed by atoms with van der Waals surface area (Å²) in [6.45, 7) is 9.43. The van der Waals surface area contributed by atoms with Crippen molar-refractivity contribution in [3.63, 3.8) is 0 Å². The van der Waals surface area contributed by atoms with Crippen molar-refractivity contribution in [3.8, 4) is 11.5 Å². The van der Waals surface area contributed by atoms with Gasteiger partial charge in [-0.05, 0) is 74.6 Å². The summed E-state index contributed by atoms with van der Waals surface area (Å²) in [5.74, 6) is 3.13. The lowest BCUT2D eigenvalue weighted by molar-refractivity contribution is -0.0357. The Morgan fingerprint density at radius 1 is 0.742 bits per heavy atom. The van der Waals surface area contributed by atoms with Crippen LogP contribution in [0.2, 0.25) is 0 Å². The van der Waals surface area contributed by atoms with Gasteiger partial charge in [0.05, 0.1) is 0 Å². The van der Waals surface area contributed by atoms with Crippen molar-refractivity contribution in [1.82, 2.24) is 0 Å². The van der Waals surface area contributed by atoms with Gasteiger partial charge in [0.15, 0.2) is 0 Å². The van der Waals surface area contributed by atoms with Crippen LogP contribution in [0.4, 0.5) is 0 Å². The molecule has 164 valence electrons. The largest absolute Gasteiger partial charge is 0.487 e. The SMILES string of the molecule is CC1(C)/C=C/C[C@@]2(C)Oc3ccccc3C[C@@H]2CC[C@@]2(C)Oc3ccccc3C[C@@H]2C1. The Labute approximate surface area is 187 Å². The van der Waals surface area contributed by atoms with Crippen LogP contribution in [0.25, 0.3) is 0 Å². The van der Waals surface area contributed by atoms with Crippen molar-refractivity contribution in [2.75, 3.05) is 0 Å². The van der Waals surface area contributed by atoms with Crippen molar-refractivity contribution in [2.45, 2.75) is 77.4 Å². The van der Waals surface area contributed by atoms with Crippen LogP contribution < -0.4 is 9.47 Å². The monoisotopic (exact) mass is 416 g/mol. The highest BCUT2D eigenvalue weighted by atomic mass is 16.5. The van der Waals surface area contributed by atoms with Crippen LogP contribution in [0.3, 0.4) is 0 Å². The minimum absolute atomic E-state index is 0.129. The number of hydrogen-bond acceptors (Lipinski definition) is 2. The first-order valence-corrected chi connectivity index (χ1v) is 12.0. The highest BCUT2D eigenvalue weighted by molar-refractivity contribution is 5.38. The fraction of sp³-hybridized carbons (Fsp3) is 0.517. The number of rotatable bonds is 0. The van der Waals surface area contributed by atoms with Crippen LogP contribution in [0.1, 0.15) is 64.5 Å². The average molecular weight is 417 g/mol. The number of benzene rings is 2. The topological polar surface area (TPSA) is 18.5 Å². The van der Waals surface area contributed by atoms with Gasteiger partial charge in [-0.15, -0.1) is 0 Å². The maximum Gasteiger partial charge on any atom is 0.123 e.